The van der Waals surface area contributed by atoms with Crippen molar-refractivity contribution in [1.29, 1.82) is 0 Å². The van der Waals surface area contributed by atoms with Gasteiger partial charge in [0.2, 0.25) is 35.3 Å². The molecule has 6 atom stereocenters. The number of aromatic nitrogens is 12. The van der Waals surface area contributed by atoms with E-state index in [0.717, 1.165) is 125 Å². The van der Waals surface area contributed by atoms with E-state index in [1.54, 1.807) is 6.20 Å². The largest absolute Gasteiger partial charge is 0.248 e. The topological polar surface area (TPSA) is 291 Å². The summed E-state index contributed by atoms with van der Waals surface area (Å²) in [5, 5.41) is -1.10. The molecule has 118 heavy (non-hydrogen) atoms. The molecule has 0 unspecified atom stereocenters. The molecule has 0 aliphatic heterocycles. The van der Waals surface area contributed by atoms with Gasteiger partial charge in [-0.1, -0.05) is 250 Å². The van der Waals surface area contributed by atoms with E-state index in [4.69, 9.17) is 36.5 Å². The van der Waals surface area contributed by atoms with Crippen LogP contribution in [-0.2, 0) is 65.0 Å². The molecule has 6 aromatic heterocycles. The lowest BCUT2D eigenvalue weighted by Gasteiger charge is -2.52. The van der Waals surface area contributed by atoms with Crippen LogP contribution in [-0.4, -0.2) is 116 Å². The first-order valence-electron chi connectivity index (χ1n) is 41.0. The maximum absolute atomic E-state index is 13.1. The summed E-state index contributed by atoms with van der Waals surface area (Å²) >= 11 is 6.19. The highest BCUT2D eigenvalue weighted by atomic mass is 35.5. The van der Waals surface area contributed by atoms with Crippen LogP contribution in [0.1, 0.15) is 248 Å². The van der Waals surface area contributed by atoms with Crippen LogP contribution in [0, 0.1) is 6.92 Å². The molecule has 12 aromatic rings. The van der Waals surface area contributed by atoms with Gasteiger partial charge in [0.15, 0.2) is 29.7 Å². The molecular formula is C93H101ClN12O8S4. The maximum Gasteiger partial charge on any atom is 0.248 e. The summed E-state index contributed by atoms with van der Waals surface area (Å²) in [7, 11) is -15.4. The molecule has 612 valence electrons. The van der Waals surface area contributed by atoms with Crippen molar-refractivity contribution in [3.05, 3.63) is 332 Å². The molecule has 3 saturated carbocycles. The Balaban J connectivity index is 0.000000156. The zero-order chi connectivity index (χ0) is 83.5. The van der Waals surface area contributed by atoms with Crippen LogP contribution in [0.5, 0.6) is 0 Å². The number of nitrogens with zero attached hydrogens (tertiary/aromatic N) is 12. The summed E-state index contributed by atoms with van der Waals surface area (Å²) in [4.78, 5) is 55.2. The van der Waals surface area contributed by atoms with Crippen LogP contribution in [0.4, 0.5) is 0 Å². The minimum Gasteiger partial charge on any atom is -0.242 e. The van der Waals surface area contributed by atoms with Crippen molar-refractivity contribution in [2.24, 2.45) is 0 Å². The van der Waals surface area contributed by atoms with E-state index >= 15 is 0 Å². The number of benzene rings is 6. The third-order valence-electron chi connectivity index (χ3n) is 23.0. The van der Waals surface area contributed by atoms with Crippen molar-refractivity contribution < 1.29 is 33.7 Å². The van der Waals surface area contributed by atoms with Crippen LogP contribution >= 0.6 is 11.6 Å². The van der Waals surface area contributed by atoms with E-state index in [9.17, 15) is 33.7 Å². The number of sulfone groups is 4. The first kappa shape index (κ1) is 85.8. The summed E-state index contributed by atoms with van der Waals surface area (Å²) in [5.41, 5.74) is 13.6. The predicted octanol–water partition coefficient (Wildman–Crippen LogP) is 18.1. The molecule has 0 saturated heterocycles. The van der Waals surface area contributed by atoms with E-state index in [1.165, 1.54) is 51.0 Å². The van der Waals surface area contributed by atoms with Gasteiger partial charge in [-0.05, 0) is 114 Å². The average molecular weight is 1680 g/mol. The molecule has 6 heterocycles. The smallest absolute Gasteiger partial charge is 0.242 e. The second kappa shape index (κ2) is 37.9. The van der Waals surface area contributed by atoms with E-state index in [0.29, 0.717) is 11.4 Å². The van der Waals surface area contributed by atoms with Gasteiger partial charge in [0.25, 0.3) is 0 Å². The van der Waals surface area contributed by atoms with Crippen LogP contribution in [0.2, 0.25) is 5.28 Å². The fourth-order valence-electron chi connectivity index (χ4n) is 17.4. The Kier molecular flexibility index (Phi) is 27.5. The Morgan fingerprint density at radius 3 is 0.814 bits per heavy atom. The molecule has 25 heteroatoms. The lowest BCUT2D eigenvalue weighted by atomic mass is 9.50. The van der Waals surface area contributed by atoms with Gasteiger partial charge < -0.3 is 0 Å². The molecule has 0 spiro atoms. The van der Waals surface area contributed by atoms with Crippen molar-refractivity contribution in [2.75, 3.05) is 23.0 Å². The Bertz CT molecular complexity index is 5300. The molecule has 3 fully saturated rings. The first-order valence-corrected chi connectivity index (χ1v) is 48.0. The van der Waals surface area contributed by atoms with Gasteiger partial charge in [-0.3, -0.25) is 0 Å². The zero-order valence-electron chi connectivity index (χ0n) is 68.0. The predicted molar refractivity (Wildman–Crippen MR) is 460 cm³/mol. The summed E-state index contributed by atoms with van der Waals surface area (Å²) in [5.74, 6) is 1.02. The molecule has 0 radical (unpaired) electrons. The van der Waals surface area contributed by atoms with E-state index in [1.807, 2.05) is 98.0 Å². The number of rotatable bonds is 28. The highest BCUT2D eigenvalue weighted by molar-refractivity contribution is 7.92. The van der Waals surface area contributed by atoms with Gasteiger partial charge in [-0.2, -0.15) is 0 Å². The second-order valence-electron chi connectivity index (χ2n) is 30.4. The van der Waals surface area contributed by atoms with Crippen molar-refractivity contribution in [3.8, 4) is 0 Å². The zero-order valence-corrected chi connectivity index (χ0v) is 72.0. The van der Waals surface area contributed by atoms with Crippen LogP contribution < -0.4 is 0 Å². The SMILES string of the molecule is CCCc1cc(C2[C@@H](c3ccccc3)C(c3cc(S(=O)(=O)CC)nc(S(=O)(=O)CC)n3)[C@@H]2c2ccccc2)nc(CCC)n1.CCCc1cc(C2[C@@H](c3ccccc3)C(c3cc(S(=O)(=O)CC)nc(S(=O)(=O)CC)n3)[C@@H]2c2ccccc2)nc(CCC)n1.Cc1nccc(C2[C@@H](c3ccccc3)C(c3ccnc(Cl)n3)[C@@H]2c2ccccc2)n1. The minimum atomic E-state index is -3.89. The Morgan fingerprint density at radius 1 is 0.271 bits per heavy atom. The normalized spacial score (nSPS) is 21.0. The van der Waals surface area contributed by atoms with E-state index in [-0.39, 0.29) is 109 Å². The highest BCUT2D eigenvalue weighted by Gasteiger charge is 2.58. The number of hydrogen-bond donors (Lipinski definition) is 0. The van der Waals surface area contributed by atoms with Crippen molar-refractivity contribution >= 4 is 50.9 Å². The van der Waals surface area contributed by atoms with E-state index < -0.39 is 49.7 Å². The Hall–Kier alpha value is -10.1. The van der Waals surface area contributed by atoms with Crippen molar-refractivity contribution in [2.45, 2.75) is 205 Å². The summed E-state index contributed by atoms with van der Waals surface area (Å²) in [6.07, 6.45) is 10.6. The molecule has 15 rings (SSSR count). The minimum absolute atomic E-state index is 0.0774. The molecule has 6 aromatic carbocycles. The van der Waals surface area contributed by atoms with E-state index in [2.05, 4.69) is 184 Å². The Labute approximate surface area is 700 Å². The van der Waals surface area contributed by atoms with Gasteiger partial charge in [-0.25, -0.2) is 93.5 Å². The van der Waals surface area contributed by atoms with Gasteiger partial charge >= 0.3 is 0 Å². The molecule has 3 aliphatic carbocycles. The quantitative estimate of drug-likeness (QED) is 0.0325. The maximum atomic E-state index is 13.1. The standard InChI is InChI=1S/2C34H40N4O4S2.C25H21ClN4/c2*1-5-15-25-21-26(36-28(35-25)16-6-2)32-30(23-17-11-9-12-18-23)33(31(32)24-19-13-10-14-20-24)27-22-29(43(39,40)7-3)38-34(37-27)44(41,42)8-4;1-16-27-14-12-19(29-16)23-21(17-8-4-2-5-9-17)24(20-13-15-28-25(26)30-20)22(23)18-10-6-3-7-11-18/h2*9-14,17-22,30-33H,5-8,15-16H2,1-4H3;2-15,21-24H,1H3/t2*30-,31-,32?,33?;21-,22-,23?,24?/m111/s1. The number of hydrogen-bond acceptors (Lipinski definition) is 20. The molecular weight excluding hydrogens is 1580 g/mol. The van der Waals surface area contributed by atoms with Gasteiger partial charge in [-0.15, -0.1) is 0 Å². The summed E-state index contributed by atoms with van der Waals surface area (Å²) in [6, 6.07) is 72.9. The van der Waals surface area contributed by atoms with Gasteiger partial charge in [0, 0.05) is 130 Å². The number of aryl methyl sites for hydroxylation is 5. The monoisotopic (exact) mass is 1680 g/mol. The first-order chi connectivity index (χ1) is 57.0. The molecule has 0 amide bonds. The fourth-order valence-corrected chi connectivity index (χ4v) is 20.8. The van der Waals surface area contributed by atoms with Crippen LogP contribution in [0.15, 0.2) is 251 Å². The molecule has 0 N–H and O–H groups in total. The second-order valence-corrected chi connectivity index (χ2v) is 39.5. The highest BCUT2D eigenvalue weighted by Crippen LogP contribution is 2.69. The third-order valence-corrected chi connectivity index (χ3v) is 29.4. The molecule has 3 aliphatic rings. The van der Waals surface area contributed by atoms with Gasteiger partial charge in [0.1, 0.15) is 17.5 Å². The van der Waals surface area contributed by atoms with Crippen molar-refractivity contribution in [3.63, 3.8) is 0 Å². The lowest BCUT2D eigenvalue weighted by Crippen LogP contribution is -2.41. The summed E-state index contributed by atoms with van der Waals surface area (Å²) < 4.78 is 105. The molecule has 20 nitrogen and oxygen atoms in total. The van der Waals surface area contributed by atoms with Crippen molar-refractivity contribution in [1.82, 2.24) is 59.8 Å². The van der Waals surface area contributed by atoms with Crippen LogP contribution in [0.3, 0.4) is 0 Å². The lowest BCUT2D eigenvalue weighted by molar-refractivity contribution is 0.217. The van der Waals surface area contributed by atoms with Crippen LogP contribution in [0.25, 0.3) is 0 Å². The average Bonchev–Trinajstić information content (AvgIpc) is 0.721. The molecule has 0 bridgehead atoms. The summed E-state index contributed by atoms with van der Waals surface area (Å²) in [6.45, 7) is 16.5. The third kappa shape index (κ3) is 18.7. The fraction of sp³-hybridized carbons (Fsp3) is 0.355. The number of halogens is 1. The van der Waals surface area contributed by atoms with Gasteiger partial charge in [0.05, 0.1) is 34.4 Å². The Morgan fingerprint density at radius 2 is 0.542 bits per heavy atom.